The van der Waals surface area contributed by atoms with E-state index in [9.17, 15) is 19.8 Å². The van der Waals surface area contributed by atoms with Crippen LogP contribution in [0.1, 0.15) is 49.4 Å². The molecule has 5 rings (SSSR count). The number of fused-ring (bicyclic) bond motifs is 1. The summed E-state index contributed by atoms with van der Waals surface area (Å²) in [5.41, 5.74) is 2.94. The van der Waals surface area contributed by atoms with Gasteiger partial charge in [0.2, 0.25) is 0 Å². The Morgan fingerprint density at radius 3 is 2.67 bits per heavy atom. The number of halogens is 1. The molecule has 2 atom stereocenters. The molecule has 1 fully saturated rings. The van der Waals surface area contributed by atoms with Crippen LogP contribution in [0.4, 0.5) is 4.39 Å². The third kappa shape index (κ3) is 5.88. The van der Waals surface area contributed by atoms with Gasteiger partial charge in [-0.1, -0.05) is 18.2 Å². The first-order valence-corrected chi connectivity index (χ1v) is 13.1. The Balaban J connectivity index is 1.35. The Morgan fingerprint density at radius 1 is 1.07 bits per heavy atom. The molecule has 0 unspecified atom stereocenters. The Morgan fingerprint density at radius 2 is 1.93 bits per heavy atom. The zero-order chi connectivity index (χ0) is 28.2. The molecule has 3 aromatic rings. The Kier molecular flexibility index (Phi) is 8.18. The van der Waals surface area contributed by atoms with E-state index < -0.39 is 23.9 Å². The molecule has 9 nitrogen and oxygen atoms in total. The normalized spacial score (nSPS) is 18.0. The fourth-order valence-corrected chi connectivity index (χ4v) is 5.11. The van der Waals surface area contributed by atoms with E-state index in [1.165, 1.54) is 31.4 Å². The molecule has 1 saturated heterocycles. The van der Waals surface area contributed by atoms with Crippen LogP contribution >= 0.6 is 0 Å². The number of ether oxygens (including phenoxy) is 3. The Hall–Kier alpha value is -4.15. The van der Waals surface area contributed by atoms with Gasteiger partial charge in [-0.2, -0.15) is 0 Å². The Bertz CT molecular complexity index is 1430. The highest BCUT2D eigenvalue weighted by Gasteiger charge is 2.30. The van der Waals surface area contributed by atoms with Crippen molar-refractivity contribution in [2.75, 3.05) is 26.9 Å². The van der Waals surface area contributed by atoms with Gasteiger partial charge in [-0.3, -0.25) is 9.59 Å². The van der Waals surface area contributed by atoms with E-state index in [4.69, 9.17) is 14.2 Å². The number of methoxy groups -OCH3 is 1. The van der Waals surface area contributed by atoms with Crippen LogP contribution in [0.5, 0.6) is 17.2 Å². The highest BCUT2D eigenvalue weighted by molar-refractivity contribution is 5.98. The molecule has 0 aromatic heterocycles. The molecule has 0 bridgehead atoms. The highest BCUT2D eigenvalue weighted by atomic mass is 19.1. The summed E-state index contributed by atoms with van der Waals surface area (Å²) < 4.78 is 31.8. The summed E-state index contributed by atoms with van der Waals surface area (Å²) in [7, 11) is 1.49. The highest BCUT2D eigenvalue weighted by Crippen LogP contribution is 2.40. The van der Waals surface area contributed by atoms with Crippen LogP contribution in [-0.4, -0.2) is 61.1 Å². The van der Waals surface area contributed by atoms with Gasteiger partial charge in [-0.05, 0) is 53.4 Å². The lowest BCUT2D eigenvalue weighted by molar-refractivity contribution is -0.0261. The number of hydrogen-bond acceptors (Lipinski definition) is 7. The zero-order valence-corrected chi connectivity index (χ0v) is 22.0. The summed E-state index contributed by atoms with van der Waals surface area (Å²) in [6.45, 7) is 1.16. The lowest BCUT2D eigenvalue weighted by atomic mass is 9.95. The number of aromatic hydroxyl groups is 1. The van der Waals surface area contributed by atoms with Crippen LogP contribution in [0, 0.1) is 5.82 Å². The second-order valence-electron chi connectivity index (χ2n) is 9.88. The molecule has 0 radical (unpaired) electrons. The van der Waals surface area contributed by atoms with Gasteiger partial charge in [0.1, 0.15) is 23.1 Å². The monoisotopic (exact) mass is 550 g/mol. The molecule has 40 heavy (non-hydrogen) atoms. The number of rotatable bonds is 8. The van der Waals surface area contributed by atoms with Gasteiger partial charge < -0.3 is 35.1 Å². The maximum atomic E-state index is 15.0. The smallest absolute Gasteiger partial charge is 0.255 e. The van der Waals surface area contributed by atoms with Crippen LogP contribution in [0.3, 0.4) is 0 Å². The van der Waals surface area contributed by atoms with Gasteiger partial charge in [-0.15, -0.1) is 0 Å². The minimum atomic E-state index is -0.806. The van der Waals surface area contributed by atoms with Crippen molar-refractivity contribution in [2.24, 2.45) is 0 Å². The van der Waals surface area contributed by atoms with Crippen molar-refractivity contribution >= 4 is 11.8 Å². The summed E-state index contributed by atoms with van der Waals surface area (Å²) in [5, 5.41) is 25.4. The van der Waals surface area contributed by atoms with Crippen molar-refractivity contribution in [1.29, 1.82) is 0 Å². The van der Waals surface area contributed by atoms with Crippen LogP contribution in [-0.2, 0) is 24.1 Å². The third-order valence-corrected chi connectivity index (χ3v) is 7.13. The molecular formula is C30H31FN2O7. The predicted octanol–water partition coefficient (Wildman–Crippen LogP) is 2.88. The largest absolute Gasteiger partial charge is 0.508 e. The Labute approximate surface area is 230 Å². The number of aliphatic hydroxyl groups is 1. The molecule has 2 aliphatic heterocycles. The summed E-state index contributed by atoms with van der Waals surface area (Å²) in [4.78, 5) is 25.9. The zero-order valence-electron chi connectivity index (χ0n) is 22.0. The topological polar surface area (TPSA) is 126 Å². The number of aliphatic hydroxyl groups excluding tert-OH is 1. The van der Waals surface area contributed by atoms with E-state index in [1.807, 2.05) is 0 Å². The number of carbonyl (C=O) groups is 2. The van der Waals surface area contributed by atoms with Crippen LogP contribution in [0.25, 0.3) is 0 Å². The van der Waals surface area contributed by atoms with E-state index in [1.54, 1.807) is 24.3 Å². The number of amides is 2. The number of carbonyl (C=O) groups excluding carboxylic acids is 2. The molecular weight excluding hydrogens is 519 g/mol. The van der Waals surface area contributed by atoms with Crippen molar-refractivity contribution in [3.63, 3.8) is 0 Å². The average molecular weight is 551 g/mol. The van der Waals surface area contributed by atoms with Gasteiger partial charge in [0.05, 0.1) is 43.6 Å². The summed E-state index contributed by atoms with van der Waals surface area (Å²) >= 11 is 0. The number of phenolic OH excluding ortho intramolecular Hbond substituents is 1. The van der Waals surface area contributed by atoms with E-state index in [2.05, 4.69) is 10.6 Å². The molecule has 0 saturated carbocycles. The fourth-order valence-electron chi connectivity index (χ4n) is 5.11. The summed E-state index contributed by atoms with van der Waals surface area (Å²) in [6.07, 6.45) is 0.496. The summed E-state index contributed by atoms with van der Waals surface area (Å²) in [6, 6.07) is 12.1. The quantitative estimate of drug-likeness (QED) is 0.340. The predicted molar refractivity (Wildman–Crippen MR) is 143 cm³/mol. The molecule has 0 aliphatic carbocycles. The van der Waals surface area contributed by atoms with Gasteiger partial charge >= 0.3 is 0 Å². The molecule has 10 heteroatoms. The summed E-state index contributed by atoms with van der Waals surface area (Å²) in [5.74, 6) is -0.534. The van der Waals surface area contributed by atoms with Gasteiger partial charge in [0.15, 0.2) is 0 Å². The van der Waals surface area contributed by atoms with E-state index in [-0.39, 0.29) is 36.8 Å². The van der Waals surface area contributed by atoms with Crippen molar-refractivity contribution < 1.29 is 38.4 Å². The molecule has 210 valence electrons. The first kappa shape index (κ1) is 27.4. The molecule has 0 spiro atoms. The molecule has 3 aromatic carbocycles. The second kappa shape index (κ2) is 11.9. The van der Waals surface area contributed by atoms with Gasteiger partial charge in [0.25, 0.3) is 11.8 Å². The van der Waals surface area contributed by atoms with E-state index in [0.29, 0.717) is 59.8 Å². The third-order valence-electron chi connectivity index (χ3n) is 7.13. The van der Waals surface area contributed by atoms with Crippen LogP contribution in [0.15, 0.2) is 48.5 Å². The molecule has 2 heterocycles. The maximum Gasteiger partial charge on any atom is 0.255 e. The first-order valence-electron chi connectivity index (χ1n) is 13.1. The molecule has 4 N–H and O–H groups in total. The van der Waals surface area contributed by atoms with Crippen molar-refractivity contribution in [3.8, 4) is 17.2 Å². The second-order valence-corrected chi connectivity index (χ2v) is 9.88. The minimum Gasteiger partial charge on any atom is -0.508 e. The lowest BCUT2D eigenvalue weighted by Crippen LogP contribution is -2.48. The van der Waals surface area contributed by atoms with Gasteiger partial charge in [-0.25, -0.2) is 4.39 Å². The number of benzene rings is 3. The van der Waals surface area contributed by atoms with Crippen LogP contribution < -0.4 is 20.1 Å². The van der Waals surface area contributed by atoms with Crippen molar-refractivity contribution in [1.82, 2.24) is 10.6 Å². The van der Waals surface area contributed by atoms with Crippen molar-refractivity contribution in [2.45, 2.75) is 38.0 Å². The number of nitrogens with one attached hydrogen (secondary N) is 2. The van der Waals surface area contributed by atoms with E-state index >= 15 is 4.39 Å². The lowest BCUT2D eigenvalue weighted by Gasteiger charge is -2.28. The van der Waals surface area contributed by atoms with Crippen molar-refractivity contribution in [3.05, 3.63) is 87.7 Å². The first-order chi connectivity index (χ1) is 19.3. The standard InChI is InChI=1S/C30H31FN2O7/c1-38-28-22-7-10-40-27(22)19(14-23(28)30(37)33-25-8-9-39-16-26(25)35)11-17-5-6-21(24(31)13-17)29(36)32-15-18-3-2-4-20(34)12-18/h2-6,12-14,25-26,34-35H,7-11,15-16H2,1H3,(H,32,36)(H,33,37)/t25-,26-/m0/s1. The number of hydrogen-bond donors (Lipinski definition) is 4. The molecule has 2 aliphatic rings. The minimum absolute atomic E-state index is 0.0816. The maximum absolute atomic E-state index is 15.0. The van der Waals surface area contributed by atoms with E-state index in [0.717, 1.165) is 5.56 Å². The molecule has 2 amide bonds. The SMILES string of the molecule is COc1c(C(=O)N[C@H]2CCOC[C@@H]2O)cc(Cc2ccc(C(=O)NCc3cccc(O)c3)c(F)c2)c2c1CCO2. The average Bonchev–Trinajstić information content (AvgIpc) is 3.43. The fraction of sp³-hybridized carbons (Fsp3) is 0.333. The van der Waals surface area contributed by atoms with Crippen LogP contribution in [0.2, 0.25) is 0 Å². The van der Waals surface area contributed by atoms with Gasteiger partial charge in [0, 0.05) is 31.6 Å². The number of phenols is 1.